The van der Waals surface area contributed by atoms with Crippen molar-refractivity contribution in [2.75, 3.05) is 6.61 Å². The van der Waals surface area contributed by atoms with Crippen LogP contribution in [-0.4, -0.2) is 71.5 Å². The van der Waals surface area contributed by atoms with E-state index in [0.717, 1.165) is 10.5 Å². The van der Waals surface area contributed by atoms with E-state index in [1.165, 1.54) is 0 Å². The van der Waals surface area contributed by atoms with Crippen molar-refractivity contribution in [2.45, 2.75) is 31.5 Å². The molecule has 4 rings (SSSR count). The molecule has 0 unspecified atom stereocenters. The molecular formula is C15H17N5O5. The third-order valence-electron chi connectivity index (χ3n) is 4.12. The monoisotopic (exact) mass is 347 g/mol. The molecule has 1 aromatic carbocycles. The second kappa shape index (κ2) is 6.08. The zero-order chi connectivity index (χ0) is 17.6. The minimum Gasteiger partial charge on any atom is -0.394 e. The molecule has 1 saturated heterocycles. The maximum absolute atomic E-state index is 10.0. The number of aliphatic hydroxyl groups excluding tert-OH is 3. The van der Waals surface area contributed by atoms with Crippen LogP contribution in [0.25, 0.3) is 16.9 Å². The molecule has 10 nitrogen and oxygen atoms in total. The molecule has 0 aliphatic carbocycles. The van der Waals surface area contributed by atoms with E-state index in [9.17, 15) is 10.2 Å². The fourth-order valence-corrected chi connectivity index (χ4v) is 2.79. The van der Waals surface area contributed by atoms with Crippen LogP contribution in [0.15, 0.2) is 30.3 Å². The summed E-state index contributed by atoms with van der Waals surface area (Å²) in [5, 5.41) is 41.4. The van der Waals surface area contributed by atoms with Crippen LogP contribution in [0.5, 0.6) is 0 Å². The SMILES string of the molecule is Cc1nn(-c2ccccc2)c2c1nnn2O[C@@H]1O[C@H](CO)[C@@H](O)[C@H]1O. The summed E-state index contributed by atoms with van der Waals surface area (Å²) in [7, 11) is 0. The quantitative estimate of drug-likeness (QED) is 0.537. The first-order chi connectivity index (χ1) is 12.1. The third-order valence-corrected chi connectivity index (χ3v) is 4.12. The third kappa shape index (κ3) is 2.55. The largest absolute Gasteiger partial charge is 0.394 e. The Balaban J connectivity index is 1.72. The van der Waals surface area contributed by atoms with Gasteiger partial charge in [-0.2, -0.15) is 5.10 Å². The summed E-state index contributed by atoms with van der Waals surface area (Å²) >= 11 is 0. The number of para-hydroxylation sites is 1. The summed E-state index contributed by atoms with van der Waals surface area (Å²) in [4.78, 5) is 6.66. The van der Waals surface area contributed by atoms with Crippen LogP contribution in [0.2, 0.25) is 0 Å². The van der Waals surface area contributed by atoms with Crippen LogP contribution in [-0.2, 0) is 4.74 Å². The van der Waals surface area contributed by atoms with Crippen LogP contribution in [0, 0.1) is 6.92 Å². The standard InChI is InChI=1S/C15H17N5O5/c1-8-11-14(19(17-8)9-5-3-2-4-6-9)20(18-16-11)25-15-13(23)12(22)10(7-21)24-15/h2-6,10,12-13,15,21-23H,7H2,1H3/t10-,12-,13-,15+/m1/s1. The average Bonchev–Trinajstić information content (AvgIpc) is 3.27. The van der Waals surface area contributed by atoms with Gasteiger partial charge in [-0.1, -0.05) is 23.0 Å². The molecular weight excluding hydrogens is 330 g/mol. The summed E-state index contributed by atoms with van der Waals surface area (Å²) in [5.41, 5.74) is 2.45. The molecule has 1 aliphatic heterocycles. The van der Waals surface area contributed by atoms with Crippen molar-refractivity contribution in [1.29, 1.82) is 0 Å². The second-order valence-electron chi connectivity index (χ2n) is 5.78. The van der Waals surface area contributed by atoms with Gasteiger partial charge in [0.2, 0.25) is 5.65 Å². The number of nitrogens with zero attached hydrogens (tertiary/aromatic N) is 5. The van der Waals surface area contributed by atoms with Gasteiger partial charge >= 0.3 is 0 Å². The van der Waals surface area contributed by atoms with Gasteiger partial charge in [0, 0.05) is 0 Å². The Morgan fingerprint density at radius 1 is 1.20 bits per heavy atom. The van der Waals surface area contributed by atoms with Gasteiger partial charge in [-0.15, -0.1) is 5.10 Å². The first kappa shape index (κ1) is 16.0. The molecule has 3 heterocycles. The van der Waals surface area contributed by atoms with Gasteiger partial charge in [-0.25, -0.2) is 4.68 Å². The highest BCUT2D eigenvalue weighted by molar-refractivity contribution is 5.75. The lowest BCUT2D eigenvalue weighted by molar-refractivity contribution is -0.177. The first-order valence-corrected chi connectivity index (χ1v) is 7.76. The number of rotatable bonds is 4. The minimum atomic E-state index is -1.33. The van der Waals surface area contributed by atoms with Crippen molar-refractivity contribution < 1.29 is 24.9 Å². The fourth-order valence-electron chi connectivity index (χ4n) is 2.79. The van der Waals surface area contributed by atoms with Gasteiger partial charge in [0.25, 0.3) is 6.29 Å². The Morgan fingerprint density at radius 3 is 2.64 bits per heavy atom. The predicted molar refractivity (Wildman–Crippen MR) is 83.7 cm³/mol. The van der Waals surface area contributed by atoms with Gasteiger partial charge in [0.05, 0.1) is 18.0 Å². The molecule has 1 fully saturated rings. The van der Waals surface area contributed by atoms with Crippen molar-refractivity contribution in [3.8, 4) is 5.69 Å². The maximum Gasteiger partial charge on any atom is 0.256 e. The fraction of sp³-hybridized carbons (Fsp3) is 0.400. The normalized spacial score (nSPS) is 26.4. The Bertz CT molecular complexity index is 879. The number of aliphatic hydroxyl groups is 3. The van der Waals surface area contributed by atoms with Crippen molar-refractivity contribution in [3.05, 3.63) is 36.0 Å². The highest BCUT2D eigenvalue weighted by atomic mass is 16.8. The number of benzene rings is 1. The topological polar surface area (TPSA) is 128 Å². The van der Waals surface area contributed by atoms with Gasteiger partial charge in [-0.3, -0.25) is 0 Å². The summed E-state index contributed by atoms with van der Waals surface area (Å²) in [5.74, 6) is 0. The second-order valence-corrected chi connectivity index (χ2v) is 5.78. The molecule has 25 heavy (non-hydrogen) atoms. The lowest BCUT2D eigenvalue weighted by Gasteiger charge is -2.15. The van der Waals surface area contributed by atoms with Crippen LogP contribution < -0.4 is 4.84 Å². The molecule has 0 amide bonds. The van der Waals surface area contributed by atoms with Crippen molar-refractivity contribution >= 4 is 11.2 Å². The lowest BCUT2D eigenvalue weighted by Crippen LogP contribution is -2.38. The van der Waals surface area contributed by atoms with E-state index in [1.807, 2.05) is 30.3 Å². The molecule has 2 aromatic heterocycles. The smallest absolute Gasteiger partial charge is 0.256 e. The van der Waals surface area contributed by atoms with E-state index in [-0.39, 0.29) is 0 Å². The number of fused-ring (bicyclic) bond motifs is 1. The predicted octanol–water partition coefficient (Wildman–Crippen LogP) is -1.21. The highest BCUT2D eigenvalue weighted by Gasteiger charge is 2.45. The van der Waals surface area contributed by atoms with E-state index < -0.39 is 31.2 Å². The van der Waals surface area contributed by atoms with E-state index in [0.29, 0.717) is 16.9 Å². The van der Waals surface area contributed by atoms with Crippen molar-refractivity contribution in [3.63, 3.8) is 0 Å². The number of hydrogen-bond donors (Lipinski definition) is 3. The van der Waals surface area contributed by atoms with Crippen LogP contribution in [0.1, 0.15) is 5.69 Å². The molecule has 1 aliphatic rings. The van der Waals surface area contributed by atoms with Crippen molar-refractivity contribution in [1.82, 2.24) is 24.9 Å². The van der Waals surface area contributed by atoms with E-state index in [1.54, 1.807) is 11.6 Å². The van der Waals surface area contributed by atoms with Gasteiger partial charge in [0.15, 0.2) is 5.52 Å². The average molecular weight is 347 g/mol. The van der Waals surface area contributed by atoms with Crippen molar-refractivity contribution in [2.24, 2.45) is 0 Å². The number of aryl methyl sites for hydroxylation is 1. The number of aromatic nitrogens is 5. The zero-order valence-corrected chi connectivity index (χ0v) is 13.3. The van der Waals surface area contributed by atoms with Crippen LogP contribution in [0.3, 0.4) is 0 Å². The van der Waals surface area contributed by atoms with Gasteiger partial charge in [-0.05, 0) is 24.3 Å². The molecule has 0 saturated carbocycles. The Morgan fingerprint density at radius 2 is 1.96 bits per heavy atom. The minimum absolute atomic E-state index is 0.439. The molecule has 132 valence electrons. The molecule has 0 radical (unpaired) electrons. The Labute approximate surface area is 141 Å². The molecule has 10 heteroatoms. The highest BCUT2D eigenvalue weighted by Crippen LogP contribution is 2.23. The van der Waals surface area contributed by atoms with E-state index in [4.69, 9.17) is 14.7 Å². The number of ether oxygens (including phenoxy) is 1. The van der Waals surface area contributed by atoms with Gasteiger partial charge in [0.1, 0.15) is 18.3 Å². The van der Waals surface area contributed by atoms with E-state index in [2.05, 4.69) is 15.4 Å². The van der Waals surface area contributed by atoms with Gasteiger partial charge < -0.3 is 24.9 Å². The summed E-state index contributed by atoms with van der Waals surface area (Å²) < 4.78 is 6.94. The maximum atomic E-state index is 10.0. The summed E-state index contributed by atoms with van der Waals surface area (Å²) in [6.45, 7) is 1.36. The Kier molecular flexibility index (Phi) is 3.88. The van der Waals surface area contributed by atoms with Crippen LogP contribution >= 0.6 is 0 Å². The molecule has 4 atom stereocenters. The summed E-state index contributed by atoms with van der Waals surface area (Å²) in [6, 6.07) is 9.38. The molecule has 0 bridgehead atoms. The van der Waals surface area contributed by atoms with Crippen LogP contribution in [0.4, 0.5) is 0 Å². The first-order valence-electron chi connectivity index (χ1n) is 7.76. The lowest BCUT2D eigenvalue weighted by atomic mass is 10.1. The molecule has 3 aromatic rings. The molecule has 0 spiro atoms. The number of hydrogen-bond acceptors (Lipinski definition) is 8. The Hall–Kier alpha value is -2.53. The molecule has 3 N–H and O–H groups in total. The van der Waals surface area contributed by atoms with E-state index >= 15 is 0 Å². The zero-order valence-electron chi connectivity index (χ0n) is 13.3. The summed E-state index contributed by atoms with van der Waals surface area (Å²) in [6.07, 6.45) is -4.71.